The van der Waals surface area contributed by atoms with Gasteiger partial charge in [-0.25, -0.2) is 0 Å². The number of hydrogen-bond acceptors (Lipinski definition) is 0. The van der Waals surface area contributed by atoms with Gasteiger partial charge in [-0.1, -0.05) is 108 Å². The fraction of sp³-hybridized carbons (Fsp3) is 1.00. The third-order valence-electron chi connectivity index (χ3n) is 8.17. The molecule has 0 aliphatic heterocycles. The molecule has 0 amide bonds. The Morgan fingerprint density at radius 2 is 1.21 bits per heavy atom. The van der Waals surface area contributed by atoms with Gasteiger partial charge in [-0.15, -0.1) is 0 Å². The quantitative estimate of drug-likeness (QED) is 0.335. The van der Waals surface area contributed by atoms with Crippen LogP contribution in [0, 0.1) is 46.8 Å². The zero-order valence-corrected chi connectivity index (χ0v) is 19.1. The lowest BCUT2D eigenvalue weighted by Gasteiger charge is -2.46. The van der Waals surface area contributed by atoms with Gasteiger partial charge in [0.1, 0.15) is 0 Å². The lowest BCUT2D eigenvalue weighted by Crippen LogP contribution is -2.40. The van der Waals surface area contributed by atoms with Crippen LogP contribution in [-0.2, 0) is 0 Å². The number of rotatable bonds is 12. The van der Waals surface area contributed by atoms with Crippen molar-refractivity contribution < 1.29 is 0 Å². The molecule has 0 spiro atoms. The average Bonchev–Trinajstić information content (AvgIpc) is 2.58. The first kappa shape index (κ1) is 24.0. The van der Waals surface area contributed by atoms with Crippen molar-refractivity contribution in [2.24, 2.45) is 46.8 Å². The predicted molar refractivity (Wildman–Crippen MR) is 112 cm³/mol. The summed E-state index contributed by atoms with van der Waals surface area (Å²) in [4.78, 5) is 0. The molecular weight excluding hydrogens is 288 g/mol. The predicted octanol–water partition coefficient (Wildman–Crippen LogP) is 8.46. The molecule has 0 aromatic carbocycles. The van der Waals surface area contributed by atoms with Crippen molar-refractivity contribution in [2.45, 2.75) is 108 Å². The largest absolute Gasteiger partial charge is 0.0654 e. The SMILES string of the molecule is CCCC(C(C)C(C)CC)C(C(C)CC)C(C)C(C)C(C)(C)CC. The summed E-state index contributed by atoms with van der Waals surface area (Å²) in [6.45, 7) is 27.1. The van der Waals surface area contributed by atoms with E-state index in [1.807, 2.05) is 0 Å². The second-order valence-corrected chi connectivity index (χ2v) is 9.65. The van der Waals surface area contributed by atoms with Gasteiger partial charge in [-0.3, -0.25) is 0 Å². The molecule has 7 unspecified atom stereocenters. The van der Waals surface area contributed by atoms with Crippen LogP contribution in [0.2, 0.25) is 0 Å². The fourth-order valence-corrected chi connectivity index (χ4v) is 4.90. The molecule has 0 nitrogen and oxygen atoms in total. The third-order valence-corrected chi connectivity index (χ3v) is 8.17. The summed E-state index contributed by atoms with van der Waals surface area (Å²) in [5.41, 5.74) is 0.446. The second kappa shape index (κ2) is 10.9. The molecule has 24 heavy (non-hydrogen) atoms. The van der Waals surface area contributed by atoms with Gasteiger partial charge in [-0.05, 0) is 46.8 Å². The summed E-state index contributed by atoms with van der Waals surface area (Å²) in [7, 11) is 0. The van der Waals surface area contributed by atoms with Crippen LogP contribution in [0.1, 0.15) is 108 Å². The fourth-order valence-electron chi connectivity index (χ4n) is 4.90. The Morgan fingerprint density at radius 3 is 1.58 bits per heavy atom. The summed E-state index contributed by atoms with van der Waals surface area (Å²) in [6, 6.07) is 0. The van der Waals surface area contributed by atoms with Gasteiger partial charge >= 0.3 is 0 Å². The van der Waals surface area contributed by atoms with Crippen LogP contribution >= 0.6 is 0 Å². The number of hydrogen-bond donors (Lipinski definition) is 0. The molecule has 0 fully saturated rings. The first-order chi connectivity index (χ1) is 11.1. The first-order valence-electron chi connectivity index (χ1n) is 11.1. The molecule has 0 heterocycles. The maximum atomic E-state index is 2.57. The van der Waals surface area contributed by atoms with Gasteiger partial charge in [0.15, 0.2) is 0 Å². The molecule has 0 N–H and O–H groups in total. The summed E-state index contributed by atoms with van der Waals surface area (Å²) < 4.78 is 0. The van der Waals surface area contributed by atoms with Crippen molar-refractivity contribution in [3.05, 3.63) is 0 Å². The molecule has 0 aliphatic rings. The molecule has 0 radical (unpaired) electrons. The van der Waals surface area contributed by atoms with E-state index in [0.717, 1.165) is 41.4 Å². The molecule has 146 valence electrons. The summed E-state index contributed by atoms with van der Waals surface area (Å²) in [5.74, 6) is 5.84. The average molecular weight is 339 g/mol. The molecule has 0 rings (SSSR count). The minimum absolute atomic E-state index is 0.446. The van der Waals surface area contributed by atoms with E-state index in [2.05, 4.69) is 76.2 Å². The van der Waals surface area contributed by atoms with E-state index < -0.39 is 0 Å². The highest BCUT2D eigenvalue weighted by molar-refractivity contribution is 4.89. The van der Waals surface area contributed by atoms with Crippen molar-refractivity contribution in [3.63, 3.8) is 0 Å². The van der Waals surface area contributed by atoms with Gasteiger partial charge < -0.3 is 0 Å². The molecule has 0 aromatic heterocycles. The van der Waals surface area contributed by atoms with E-state index >= 15 is 0 Å². The standard InChI is InChI=1S/C24H50/c1-12-16-22(19(7)17(5)13-2)23(18(6)14-3)20(8)21(9)24(10,11)15-4/h17-23H,12-16H2,1-11H3. The van der Waals surface area contributed by atoms with Crippen LogP contribution in [0.5, 0.6) is 0 Å². The van der Waals surface area contributed by atoms with Crippen molar-refractivity contribution in [3.8, 4) is 0 Å². The van der Waals surface area contributed by atoms with Crippen molar-refractivity contribution in [1.29, 1.82) is 0 Å². The van der Waals surface area contributed by atoms with Gasteiger partial charge in [0, 0.05) is 0 Å². The molecule has 0 aliphatic carbocycles. The van der Waals surface area contributed by atoms with E-state index in [0.29, 0.717) is 5.41 Å². The molecular formula is C24H50. The van der Waals surface area contributed by atoms with Gasteiger partial charge in [-0.2, -0.15) is 0 Å². The Bertz CT molecular complexity index is 316. The minimum Gasteiger partial charge on any atom is -0.0654 e. The maximum absolute atomic E-state index is 2.57. The molecule has 7 atom stereocenters. The minimum atomic E-state index is 0.446. The van der Waals surface area contributed by atoms with Crippen molar-refractivity contribution >= 4 is 0 Å². The van der Waals surface area contributed by atoms with Crippen LogP contribution in [0.4, 0.5) is 0 Å². The van der Waals surface area contributed by atoms with Crippen molar-refractivity contribution in [1.82, 2.24) is 0 Å². The molecule has 0 bridgehead atoms. The van der Waals surface area contributed by atoms with Crippen molar-refractivity contribution in [2.75, 3.05) is 0 Å². The Kier molecular flexibility index (Phi) is 10.9. The van der Waals surface area contributed by atoms with E-state index in [4.69, 9.17) is 0 Å². The Labute approximate surface area is 155 Å². The Hall–Kier alpha value is 0. The van der Waals surface area contributed by atoms with E-state index in [1.54, 1.807) is 0 Å². The summed E-state index contributed by atoms with van der Waals surface area (Å²) in [6.07, 6.45) is 6.66. The van der Waals surface area contributed by atoms with Crippen LogP contribution < -0.4 is 0 Å². The van der Waals surface area contributed by atoms with Crippen LogP contribution in [0.25, 0.3) is 0 Å². The van der Waals surface area contributed by atoms with Crippen LogP contribution in [-0.4, -0.2) is 0 Å². The highest BCUT2D eigenvalue weighted by Gasteiger charge is 2.40. The second-order valence-electron chi connectivity index (χ2n) is 9.65. The summed E-state index contributed by atoms with van der Waals surface area (Å²) >= 11 is 0. The third kappa shape index (κ3) is 6.06. The zero-order chi connectivity index (χ0) is 19.1. The topological polar surface area (TPSA) is 0 Å². The normalized spacial score (nSPS) is 21.6. The first-order valence-corrected chi connectivity index (χ1v) is 11.1. The lowest BCUT2D eigenvalue weighted by molar-refractivity contribution is 0.0242. The lowest BCUT2D eigenvalue weighted by atomic mass is 9.59. The van der Waals surface area contributed by atoms with E-state index in [-0.39, 0.29) is 0 Å². The van der Waals surface area contributed by atoms with Gasteiger partial charge in [0.05, 0.1) is 0 Å². The van der Waals surface area contributed by atoms with Gasteiger partial charge in [0.25, 0.3) is 0 Å². The molecule has 0 aromatic rings. The Balaban J connectivity index is 5.68. The molecule has 0 saturated heterocycles. The smallest absolute Gasteiger partial charge is 0.0329 e. The maximum Gasteiger partial charge on any atom is -0.0329 e. The van der Waals surface area contributed by atoms with E-state index in [9.17, 15) is 0 Å². The summed E-state index contributed by atoms with van der Waals surface area (Å²) in [5, 5.41) is 0. The molecule has 0 saturated carbocycles. The monoisotopic (exact) mass is 338 g/mol. The van der Waals surface area contributed by atoms with Gasteiger partial charge in [0.2, 0.25) is 0 Å². The Morgan fingerprint density at radius 1 is 0.708 bits per heavy atom. The highest BCUT2D eigenvalue weighted by atomic mass is 14.4. The van der Waals surface area contributed by atoms with Crippen LogP contribution in [0.15, 0.2) is 0 Å². The van der Waals surface area contributed by atoms with Crippen LogP contribution in [0.3, 0.4) is 0 Å². The van der Waals surface area contributed by atoms with E-state index in [1.165, 1.54) is 32.1 Å². The highest BCUT2D eigenvalue weighted by Crippen LogP contribution is 2.47. The zero-order valence-electron chi connectivity index (χ0n) is 19.1. The molecule has 0 heteroatoms.